The summed E-state index contributed by atoms with van der Waals surface area (Å²) in [5.41, 5.74) is 2.67. The van der Waals surface area contributed by atoms with Gasteiger partial charge in [-0.1, -0.05) is 30.0 Å². The molecular formula is C21H22N4O3S. The molecule has 0 aliphatic carbocycles. The normalized spacial score (nSPS) is 10.5. The van der Waals surface area contributed by atoms with Gasteiger partial charge in [-0.3, -0.25) is 14.7 Å². The second kappa shape index (κ2) is 9.79. The van der Waals surface area contributed by atoms with E-state index >= 15 is 0 Å². The van der Waals surface area contributed by atoms with Crippen LogP contribution in [0.3, 0.4) is 0 Å². The molecule has 0 saturated carbocycles. The molecule has 3 amide bonds. The lowest BCUT2D eigenvalue weighted by Crippen LogP contribution is -2.40. The fourth-order valence-electron chi connectivity index (χ4n) is 2.71. The molecule has 0 unspecified atom stereocenters. The van der Waals surface area contributed by atoms with Crippen LogP contribution in [-0.4, -0.2) is 40.4 Å². The number of ether oxygens (including phenoxy) is 1. The summed E-state index contributed by atoms with van der Waals surface area (Å²) >= 11 is 1.26. The highest BCUT2D eigenvalue weighted by Crippen LogP contribution is 2.28. The Labute approximate surface area is 173 Å². The van der Waals surface area contributed by atoms with Crippen molar-refractivity contribution in [3.63, 3.8) is 0 Å². The van der Waals surface area contributed by atoms with E-state index in [1.807, 2.05) is 60.0 Å². The van der Waals surface area contributed by atoms with Crippen molar-refractivity contribution in [1.82, 2.24) is 20.2 Å². The first kappa shape index (κ1) is 20.5. The van der Waals surface area contributed by atoms with Gasteiger partial charge in [0.25, 0.3) is 0 Å². The van der Waals surface area contributed by atoms with Gasteiger partial charge >= 0.3 is 6.03 Å². The number of benzene rings is 2. The van der Waals surface area contributed by atoms with Crippen LogP contribution < -0.4 is 15.4 Å². The van der Waals surface area contributed by atoms with Crippen molar-refractivity contribution < 1.29 is 14.3 Å². The predicted octanol–water partition coefficient (Wildman–Crippen LogP) is 3.53. The van der Waals surface area contributed by atoms with Gasteiger partial charge < -0.3 is 10.1 Å². The van der Waals surface area contributed by atoms with Gasteiger partial charge in [-0.15, -0.1) is 6.58 Å². The first-order valence-corrected chi connectivity index (χ1v) is 10.1. The van der Waals surface area contributed by atoms with Crippen molar-refractivity contribution in [1.29, 1.82) is 0 Å². The molecule has 0 radical (unpaired) electrons. The SMILES string of the molecule is C=CCNC(=O)NC(=O)CSc1nc2ccccc2n1-c1ccc(OCC)cc1. The maximum absolute atomic E-state index is 12.1. The Kier molecular flexibility index (Phi) is 6.91. The number of rotatable bonds is 8. The van der Waals surface area contributed by atoms with E-state index in [0.717, 1.165) is 22.5 Å². The van der Waals surface area contributed by atoms with Crippen LogP contribution in [0.1, 0.15) is 6.92 Å². The number of amides is 3. The average Bonchev–Trinajstić information content (AvgIpc) is 3.10. The molecule has 1 aromatic heterocycles. The molecule has 1 heterocycles. The van der Waals surface area contributed by atoms with E-state index in [-0.39, 0.29) is 5.75 Å². The van der Waals surface area contributed by atoms with Crippen LogP contribution in [0.4, 0.5) is 4.79 Å². The average molecular weight is 410 g/mol. The number of carbonyl (C=O) groups is 2. The summed E-state index contributed by atoms with van der Waals surface area (Å²) in [6, 6.07) is 14.9. The van der Waals surface area contributed by atoms with Gasteiger partial charge in [0.15, 0.2) is 5.16 Å². The number of aromatic nitrogens is 2. The number of hydrogen-bond donors (Lipinski definition) is 2. The molecule has 0 spiro atoms. The number of urea groups is 1. The Bertz CT molecular complexity index is 1010. The van der Waals surface area contributed by atoms with Gasteiger partial charge in [0.05, 0.1) is 23.4 Å². The Morgan fingerprint density at radius 2 is 1.97 bits per heavy atom. The number of imide groups is 1. The molecule has 0 bridgehead atoms. The Morgan fingerprint density at radius 3 is 2.69 bits per heavy atom. The van der Waals surface area contributed by atoms with Crippen molar-refractivity contribution in [2.45, 2.75) is 12.1 Å². The van der Waals surface area contributed by atoms with E-state index in [2.05, 4.69) is 22.2 Å². The monoisotopic (exact) mass is 410 g/mol. The summed E-state index contributed by atoms with van der Waals surface area (Å²) in [6.45, 7) is 6.34. The van der Waals surface area contributed by atoms with Gasteiger partial charge in [0.1, 0.15) is 5.75 Å². The molecule has 0 aliphatic heterocycles. The fourth-order valence-corrected chi connectivity index (χ4v) is 3.54. The Hall–Kier alpha value is -3.26. The number of hydrogen-bond acceptors (Lipinski definition) is 5. The maximum atomic E-state index is 12.1. The smallest absolute Gasteiger partial charge is 0.321 e. The number of carbonyl (C=O) groups excluding carboxylic acids is 2. The van der Waals surface area contributed by atoms with Gasteiger partial charge in [-0.05, 0) is 43.3 Å². The molecule has 0 saturated heterocycles. The minimum atomic E-state index is -0.546. The van der Waals surface area contributed by atoms with Crippen LogP contribution in [-0.2, 0) is 4.79 Å². The molecule has 7 nitrogen and oxygen atoms in total. The third kappa shape index (κ3) is 5.17. The van der Waals surface area contributed by atoms with Crippen molar-refractivity contribution in [3.8, 4) is 11.4 Å². The highest BCUT2D eigenvalue weighted by molar-refractivity contribution is 7.99. The molecule has 2 aromatic carbocycles. The lowest BCUT2D eigenvalue weighted by atomic mass is 10.2. The lowest BCUT2D eigenvalue weighted by Gasteiger charge is -2.10. The first-order chi connectivity index (χ1) is 14.1. The fraction of sp³-hybridized carbons (Fsp3) is 0.190. The minimum absolute atomic E-state index is 0.0574. The third-order valence-electron chi connectivity index (χ3n) is 3.93. The van der Waals surface area contributed by atoms with Gasteiger partial charge in [0, 0.05) is 12.2 Å². The van der Waals surface area contributed by atoms with Crippen molar-refractivity contribution in [2.24, 2.45) is 0 Å². The topological polar surface area (TPSA) is 85.3 Å². The summed E-state index contributed by atoms with van der Waals surface area (Å²) in [5, 5.41) is 5.46. The number of nitrogens with one attached hydrogen (secondary N) is 2. The summed E-state index contributed by atoms with van der Waals surface area (Å²) in [6.07, 6.45) is 1.54. The van der Waals surface area contributed by atoms with Crippen LogP contribution in [0.15, 0.2) is 66.3 Å². The molecule has 3 aromatic rings. The summed E-state index contributed by atoms with van der Waals surface area (Å²) in [7, 11) is 0. The highest BCUT2D eigenvalue weighted by Gasteiger charge is 2.15. The zero-order valence-electron chi connectivity index (χ0n) is 16.1. The number of imidazole rings is 1. The maximum Gasteiger partial charge on any atom is 0.321 e. The zero-order valence-corrected chi connectivity index (χ0v) is 16.9. The summed E-state index contributed by atoms with van der Waals surface area (Å²) in [4.78, 5) is 28.4. The first-order valence-electron chi connectivity index (χ1n) is 9.14. The van der Waals surface area contributed by atoms with Crippen molar-refractivity contribution in [3.05, 3.63) is 61.2 Å². The number of fused-ring (bicyclic) bond motifs is 1. The Morgan fingerprint density at radius 1 is 1.21 bits per heavy atom. The van der Waals surface area contributed by atoms with E-state index in [4.69, 9.17) is 4.74 Å². The highest BCUT2D eigenvalue weighted by atomic mass is 32.2. The van der Waals surface area contributed by atoms with E-state index < -0.39 is 11.9 Å². The number of thioether (sulfide) groups is 1. The number of nitrogens with zero attached hydrogens (tertiary/aromatic N) is 2. The third-order valence-corrected chi connectivity index (χ3v) is 4.87. The molecule has 3 rings (SSSR count). The van der Waals surface area contributed by atoms with Gasteiger partial charge in [-0.25, -0.2) is 9.78 Å². The predicted molar refractivity (Wildman–Crippen MR) is 115 cm³/mol. The van der Waals surface area contributed by atoms with Gasteiger partial charge in [-0.2, -0.15) is 0 Å². The summed E-state index contributed by atoms with van der Waals surface area (Å²) in [5.74, 6) is 0.448. The Balaban J connectivity index is 1.81. The van der Waals surface area contributed by atoms with E-state index in [1.54, 1.807) is 0 Å². The van der Waals surface area contributed by atoms with E-state index in [9.17, 15) is 9.59 Å². The summed E-state index contributed by atoms with van der Waals surface area (Å²) < 4.78 is 7.50. The largest absolute Gasteiger partial charge is 0.494 e. The quantitative estimate of drug-likeness (QED) is 0.438. The van der Waals surface area contributed by atoms with Crippen LogP contribution >= 0.6 is 11.8 Å². The second-order valence-electron chi connectivity index (χ2n) is 5.98. The molecule has 8 heteroatoms. The molecule has 29 heavy (non-hydrogen) atoms. The van der Waals surface area contributed by atoms with Crippen molar-refractivity contribution >= 4 is 34.7 Å². The minimum Gasteiger partial charge on any atom is -0.494 e. The molecule has 0 atom stereocenters. The lowest BCUT2D eigenvalue weighted by molar-refractivity contribution is -0.117. The van der Waals surface area contributed by atoms with E-state index in [1.165, 1.54) is 17.8 Å². The van der Waals surface area contributed by atoms with E-state index in [0.29, 0.717) is 18.3 Å². The molecular weight excluding hydrogens is 388 g/mol. The number of para-hydroxylation sites is 2. The molecule has 2 N–H and O–H groups in total. The molecule has 0 aliphatic rings. The zero-order chi connectivity index (χ0) is 20.6. The molecule has 0 fully saturated rings. The standard InChI is InChI=1S/C21H22N4O3S/c1-3-13-22-20(27)24-19(26)14-29-21-23-17-7-5-6-8-18(17)25(21)15-9-11-16(12-10-15)28-4-2/h3,5-12H,1,4,13-14H2,2H3,(H2,22,24,26,27). The van der Waals surface area contributed by atoms with Crippen LogP contribution in [0.5, 0.6) is 5.75 Å². The van der Waals surface area contributed by atoms with Crippen molar-refractivity contribution in [2.75, 3.05) is 18.9 Å². The van der Waals surface area contributed by atoms with Crippen LogP contribution in [0, 0.1) is 0 Å². The van der Waals surface area contributed by atoms with Crippen LogP contribution in [0.2, 0.25) is 0 Å². The second-order valence-corrected chi connectivity index (χ2v) is 6.92. The van der Waals surface area contributed by atoms with Gasteiger partial charge in [0.2, 0.25) is 5.91 Å². The molecule has 150 valence electrons. The van der Waals surface area contributed by atoms with Crippen LogP contribution in [0.25, 0.3) is 16.7 Å².